The van der Waals surface area contributed by atoms with Crippen molar-refractivity contribution in [1.82, 2.24) is 10.2 Å². The highest BCUT2D eigenvalue weighted by atomic mass is 16.3. The van der Waals surface area contributed by atoms with Crippen LogP contribution in [0.1, 0.15) is 47.0 Å². The van der Waals surface area contributed by atoms with Gasteiger partial charge in [0.25, 0.3) is 0 Å². The van der Waals surface area contributed by atoms with Crippen LogP contribution in [0, 0.1) is 5.92 Å². The molecule has 0 bridgehead atoms. The minimum Gasteiger partial charge on any atom is -0.396 e. The molecule has 0 amide bonds. The van der Waals surface area contributed by atoms with Crippen molar-refractivity contribution < 1.29 is 5.11 Å². The Morgan fingerprint density at radius 1 is 1.41 bits per heavy atom. The molecule has 102 valence electrons. The maximum absolute atomic E-state index is 9.05. The molecule has 1 saturated heterocycles. The lowest BCUT2D eigenvalue weighted by molar-refractivity contribution is 0.174. The van der Waals surface area contributed by atoms with E-state index in [1.54, 1.807) is 0 Å². The second kappa shape index (κ2) is 6.72. The van der Waals surface area contributed by atoms with E-state index in [1.807, 2.05) is 0 Å². The van der Waals surface area contributed by atoms with Gasteiger partial charge < -0.3 is 10.4 Å². The molecule has 1 rings (SSSR count). The molecule has 1 aliphatic rings. The molecule has 1 heterocycles. The molecule has 17 heavy (non-hydrogen) atoms. The third kappa shape index (κ3) is 5.84. The molecule has 0 aliphatic carbocycles. The lowest BCUT2D eigenvalue weighted by atomic mass is 10.1. The number of aliphatic hydroxyl groups excluding tert-OH is 1. The zero-order valence-electron chi connectivity index (χ0n) is 12.0. The van der Waals surface area contributed by atoms with Crippen LogP contribution in [0.4, 0.5) is 0 Å². The van der Waals surface area contributed by atoms with E-state index in [1.165, 1.54) is 19.4 Å². The SMILES string of the molecule is CC(CNC(C)(C)C)CN1CCCC1CCO. The second-order valence-corrected chi connectivity index (χ2v) is 6.54. The molecule has 0 radical (unpaired) electrons. The standard InChI is InChI=1S/C14H30N2O/c1-12(10-15-14(2,3)4)11-16-8-5-6-13(16)7-9-17/h12-13,15,17H,5-11H2,1-4H3. The largest absolute Gasteiger partial charge is 0.396 e. The minimum absolute atomic E-state index is 0.212. The van der Waals surface area contributed by atoms with Gasteiger partial charge in [0.1, 0.15) is 0 Å². The van der Waals surface area contributed by atoms with Crippen molar-refractivity contribution in [1.29, 1.82) is 0 Å². The number of likely N-dealkylation sites (tertiary alicyclic amines) is 1. The van der Waals surface area contributed by atoms with Crippen molar-refractivity contribution in [3.05, 3.63) is 0 Å². The van der Waals surface area contributed by atoms with E-state index >= 15 is 0 Å². The topological polar surface area (TPSA) is 35.5 Å². The van der Waals surface area contributed by atoms with Crippen molar-refractivity contribution in [3.63, 3.8) is 0 Å². The van der Waals surface area contributed by atoms with Gasteiger partial charge in [-0.1, -0.05) is 6.92 Å². The number of nitrogens with zero attached hydrogens (tertiary/aromatic N) is 1. The van der Waals surface area contributed by atoms with E-state index in [9.17, 15) is 0 Å². The van der Waals surface area contributed by atoms with Crippen LogP contribution in [0.25, 0.3) is 0 Å². The Hall–Kier alpha value is -0.120. The van der Waals surface area contributed by atoms with Crippen LogP contribution in [-0.2, 0) is 0 Å². The van der Waals surface area contributed by atoms with Crippen LogP contribution >= 0.6 is 0 Å². The maximum Gasteiger partial charge on any atom is 0.0445 e. The van der Waals surface area contributed by atoms with Gasteiger partial charge in [-0.05, 0) is 59.0 Å². The number of hydrogen-bond acceptors (Lipinski definition) is 3. The summed E-state index contributed by atoms with van der Waals surface area (Å²) in [4.78, 5) is 2.56. The lowest BCUT2D eigenvalue weighted by Gasteiger charge is -2.29. The van der Waals surface area contributed by atoms with Crippen molar-refractivity contribution in [2.24, 2.45) is 5.92 Å². The summed E-state index contributed by atoms with van der Waals surface area (Å²) in [7, 11) is 0. The van der Waals surface area contributed by atoms with Gasteiger partial charge in [-0.25, -0.2) is 0 Å². The highest BCUT2D eigenvalue weighted by Crippen LogP contribution is 2.20. The first-order valence-corrected chi connectivity index (χ1v) is 7.02. The van der Waals surface area contributed by atoms with Gasteiger partial charge >= 0.3 is 0 Å². The van der Waals surface area contributed by atoms with E-state index in [-0.39, 0.29) is 5.54 Å². The Balaban J connectivity index is 2.27. The minimum atomic E-state index is 0.212. The van der Waals surface area contributed by atoms with Crippen LogP contribution in [0.15, 0.2) is 0 Å². The molecule has 2 N–H and O–H groups in total. The van der Waals surface area contributed by atoms with Crippen LogP contribution in [0.3, 0.4) is 0 Å². The smallest absolute Gasteiger partial charge is 0.0445 e. The zero-order valence-corrected chi connectivity index (χ0v) is 12.0. The number of aliphatic hydroxyl groups is 1. The summed E-state index contributed by atoms with van der Waals surface area (Å²) in [5, 5.41) is 12.6. The highest BCUT2D eigenvalue weighted by Gasteiger charge is 2.25. The fraction of sp³-hybridized carbons (Fsp3) is 1.00. The first kappa shape index (κ1) is 14.9. The Morgan fingerprint density at radius 2 is 2.12 bits per heavy atom. The molecule has 3 heteroatoms. The van der Waals surface area contributed by atoms with Crippen LogP contribution in [-0.4, -0.2) is 47.8 Å². The molecule has 0 saturated carbocycles. The molecule has 0 aromatic carbocycles. The van der Waals surface area contributed by atoms with E-state index < -0.39 is 0 Å². The van der Waals surface area contributed by atoms with E-state index in [0.29, 0.717) is 18.6 Å². The fourth-order valence-electron chi connectivity index (χ4n) is 2.56. The number of nitrogens with one attached hydrogen (secondary N) is 1. The Bertz CT molecular complexity index is 213. The van der Waals surface area contributed by atoms with E-state index in [4.69, 9.17) is 5.11 Å². The summed E-state index contributed by atoms with van der Waals surface area (Å²) in [6, 6.07) is 0.622. The molecule has 2 unspecified atom stereocenters. The van der Waals surface area contributed by atoms with Gasteiger partial charge in [0.15, 0.2) is 0 Å². The van der Waals surface area contributed by atoms with E-state index in [0.717, 1.165) is 19.5 Å². The van der Waals surface area contributed by atoms with Crippen LogP contribution in [0.5, 0.6) is 0 Å². The summed E-state index contributed by atoms with van der Waals surface area (Å²) in [6.45, 7) is 12.7. The summed E-state index contributed by atoms with van der Waals surface area (Å²) >= 11 is 0. The lowest BCUT2D eigenvalue weighted by Crippen LogP contribution is -2.42. The van der Waals surface area contributed by atoms with E-state index in [2.05, 4.69) is 37.9 Å². The van der Waals surface area contributed by atoms with Gasteiger partial charge in [-0.15, -0.1) is 0 Å². The molecular formula is C14H30N2O. The maximum atomic E-state index is 9.05. The summed E-state index contributed by atoms with van der Waals surface area (Å²) in [6.07, 6.45) is 3.50. The number of rotatable bonds is 6. The van der Waals surface area contributed by atoms with Crippen molar-refractivity contribution in [2.45, 2.75) is 58.5 Å². The monoisotopic (exact) mass is 242 g/mol. The molecular weight excluding hydrogens is 212 g/mol. The Labute approximate surface area is 107 Å². The third-order valence-electron chi connectivity index (χ3n) is 3.49. The van der Waals surface area contributed by atoms with Gasteiger partial charge in [-0.2, -0.15) is 0 Å². The highest BCUT2D eigenvalue weighted by molar-refractivity contribution is 4.81. The average molecular weight is 242 g/mol. The molecule has 3 nitrogen and oxygen atoms in total. The zero-order chi connectivity index (χ0) is 12.9. The molecule has 0 spiro atoms. The third-order valence-corrected chi connectivity index (χ3v) is 3.49. The van der Waals surface area contributed by atoms with Gasteiger partial charge in [0.05, 0.1) is 0 Å². The van der Waals surface area contributed by atoms with Crippen LogP contribution < -0.4 is 5.32 Å². The first-order chi connectivity index (χ1) is 7.92. The Morgan fingerprint density at radius 3 is 2.71 bits per heavy atom. The Kier molecular flexibility index (Phi) is 5.90. The van der Waals surface area contributed by atoms with Crippen molar-refractivity contribution in [2.75, 3.05) is 26.2 Å². The second-order valence-electron chi connectivity index (χ2n) is 6.54. The van der Waals surface area contributed by atoms with Crippen molar-refractivity contribution >= 4 is 0 Å². The molecule has 1 aliphatic heterocycles. The predicted octanol–water partition coefficient (Wildman–Crippen LogP) is 1.86. The molecule has 2 atom stereocenters. The fourth-order valence-corrected chi connectivity index (χ4v) is 2.56. The average Bonchev–Trinajstić information content (AvgIpc) is 2.63. The molecule has 1 fully saturated rings. The summed E-state index contributed by atoms with van der Waals surface area (Å²) in [5.41, 5.74) is 0.212. The summed E-state index contributed by atoms with van der Waals surface area (Å²) < 4.78 is 0. The van der Waals surface area contributed by atoms with Gasteiger partial charge in [0.2, 0.25) is 0 Å². The number of hydrogen-bond donors (Lipinski definition) is 2. The normalized spacial score (nSPS) is 24.2. The first-order valence-electron chi connectivity index (χ1n) is 7.02. The van der Waals surface area contributed by atoms with Gasteiger partial charge in [-0.3, -0.25) is 4.90 Å². The molecule has 0 aromatic rings. The van der Waals surface area contributed by atoms with Gasteiger partial charge in [0, 0.05) is 24.7 Å². The molecule has 0 aromatic heterocycles. The predicted molar refractivity (Wildman–Crippen MR) is 73.2 cm³/mol. The van der Waals surface area contributed by atoms with Crippen molar-refractivity contribution in [3.8, 4) is 0 Å². The van der Waals surface area contributed by atoms with Crippen LogP contribution in [0.2, 0.25) is 0 Å². The summed E-state index contributed by atoms with van der Waals surface area (Å²) in [5.74, 6) is 0.675. The quantitative estimate of drug-likeness (QED) is 0.746.